The molecule has 1 N–H and O–H groups in total. The smallest absolute Gasteiger partial charge is 0.264 e. The number of hydrogen-bond donors (Lipinski definition) is 1. The number of amides is 2. The average Bonchev–Trinajstić information content (AvgIpc) is 3.04. The molecule has 0 aromatic heterocycles. The SMILES string of the molecule is CC[C@@H](C(=O)NC(C)(C)C)N(Cc1ccc(OC)cc1)C(=O)CN(c1ccc(Oc2ccccc2)cc1)S(=O)(=O)c1ccc(C)cc1. The van der Waals surface area contributed by atoms with Crippen LogP contribution in [-0.2, 0) is 26.2 Å². The molecule has 0 unspecified atom stereocenters. The minimum Gasteiger partial charge on any atom is -0.497 e. The van der Waals surface area contributed by atoms with Crippen LogP contribution in [-0.4, -0.2) is 50.4 Å². The summed E-state index contributed by atoms with van der Waals surface area (Å²) in [7, 11) is -2.64. The van der Waals surface area contributed by atoms with E-state index in [2.05, 4.69) is 5.32 Å². The molecule has 4 rings (SSSR count). The number of para-hydroxylation sites is 1. The highest BCUT2D eigenvalue weighted by atomic mass is 32.2. The first-order valence-corrected chi connectivity index (χ1v) is 16.9. The van der Waals surface area contributed by atoms with E-state index < -0.39 is 34.1 Å². The number of hydrogen-bond acceptors (Lipinski definition) is 6. The molecule has 0 saturated carbocycles. The molecule has 4 aromatic rings. The minimum atomic E-state index is -4.21. The summed E-state index contributed by atoms with van der Waals surface area (Å²) in [6.45, 7) is 8.85. The molecule has 47 heavy (non-hydrogen) atoms. The van der Waals surface area contributed by atoms with Crippen LogP contribution in [0.5, 0.6) is 17.2 Å². The second kappa shape index (κ2) is 15.2. The molecular formula is C37H43N3O6S. The molecule has 0 saturated heterocycles. The molecular weight excluding hydrogens is 614 g/mol. The van der Waals surface area contributed by atoms with E-state index >= 15 is 0 Å². The summed E-state index contributed by atoms with van der Waals surface area (Å²) in [5.74, 6) is 0.936. The molecule has 0 heterocycles. The van der Waals surface area contributed by atoms with Crippen LogP contribution in [0.4, 0.5) is 5.69 Å². The van der Waals surface area contributed by atoms with Crippen LogP contribution in [0.25, 0.3) is 0 Å². The molecule has 2 amide bonds. The Labute approximate surface area is 278 Å². The number of benzene rings is 4. The lowest BCUT2D eigenvalue weighted by Gasteiger charge is -2.34. The molecule has 248 valence electrons. The molecule has 0 aliphatic carbocycles. The van der Waals surface area contributed by atoms with E-state index in [0.29, 0.717) is 23.7 Å². The van der Waals surface area contributed by atoms with Crippen LogP contribution < -0.4 is 19.1 Å². The maximum atomic E-state index is 14.4. The lowest BCUT2D eigenvalue weighted by atomic mass is 10.1. The van der Waals surface area contributed by atoms with Gasteiger partial charge in [0.25, 0.3) is 10.0 Å². The predicted octanol–water partition coefficient (Wildman–Crippen LogP) is 6.71. The molecule has 4 aromatic carbocycles. The average molecular weight is 658 g/mol. The van der Waals surface area contributed by atoms with Crippen LogP contribution in [0.3, 0.4) is 0 Å². The van der Waals surface area contributed by atoms with Gasteiger partial charge in [-0.05, 0) is 100 Å². The van der Waals surface area contributed by atoms with Crippen LogP contribution in [0.15, 0.2) is 108 Å². The van der Waals surface area contributed by atoms with Crippen LogP contribution >= 0.6 is 0 Å². The van der Waals surface area contributed by atoms with Gasteiger partial charge in [0.2, 0.25) is 11.8 Å². The Morgan fingerprint density at radius 1 is 0.809 bits per heavy atom. The van der Waals surface area contributed by atoms with Gasteiger partial charge in [0.1, 0.15) is 29.8 Å². The highest BCUT2D eigenvalue weighted by molar-refractivity contribution is 7.92. The maximum absolute atomic E-state index is 14.4. The third kappa shape index (κ3) is 9.36. The zero-order valence-corrected chi connectivity index (χ0v) is 28.6. The number of nitrogens with one attached hydrogen (secondary N) is 1. The fourth-order valence-corrected chi connectivity index (χ4v) is 6.39. The number of methoxy groups -OCH3 is 1. The summed E-state index contributed by atoms with van der Waals surface area (Å²) in [6, 6.07) is 28.6. The van der Waals surface area contributed by atoms with E-state index in [-0.39, 0.29) is 23.0 Å². The van der Waals surface area contributed by atoms with Crippen molar-refractivity contribution in [3.63, 3.8) is 0 Å². The van der Waals surface area contributed by atoms with Gasteiger partial charge in [0, 0.05) is 12.1 Å². The molecule has 0 bridgehead atoms. The van der Waals surface area contributed by atoms with Crippen molar-refractivity contribution in [2.75, 3.05) is 18.0 Å². The van der Waals surface area contributed by atoms with E-state index in [9.17, 15) is 18.0 Å². The van der Waals surface area contributed by atoms with Crippen molar-refractivity contribution < 1.29 is 27.5 Å². The number of carbonyl (C=O) groups excluding carboxylic acids is 2. The van der Waals surface area contributed by atoms with Gasteiger partial charge in [0.05, 0.1) is 17.7 Å². The van der Waals surface area contributed by atoms with Crippen molar-refractivity contribution in [1.29, 1.82) is 0 Å². The van der Waals surface area contributed by atoms with Crippen LogP contribution in [0.1, 0.15) is 45.2 Å². The zero-order chi connectivity index (χ0) is 34.2. The summed E-state index contributed by atoms with van der Waals surface area (Å²) in [4.78, 5) is 29.4. The number of nitrogens with zero attached hydrogens (tertiary/aromatic N) is 2. The fraction of sp³-hybridized carbons (Fsp3) is 0.297. The van der Waals surface area contributed by atoms with Gasteiger partial charge in [-0.25, -0.2) is 8.42 Å². The number of sulfonamides is 1. The monoisotopic (exact) mass is 657 g/mol. The number of ether oxygens (including phenoxy) is 2. The first-order chi connectivity index (χ1) is 22.3. The number of aryl methyl sites for hydroxylation is 1. The largest absolute Gasteiger partial charge is 0.497 e. The maximum Gasteiger partial charge on any atom is 0.264 e. The predicted molar refractivity (Wildman–Crippen MR) is 184 cm³/mol. The molecule has 9 nitrogen and oxygen atoms in total. The number of carbonyl (C=O) groups is 2. The lowest BCUT2D eigenvalue weighted by Crippen LogP contribution is -2.55. The molecule has 1 atom stereocenters. The lowest BCUT2D eigenvalue weighted by molar-refractivity contribution is -0.141. The van der Waals surface area contributed by atoms with Crippen molar-refractivity contribution in [2.24, 2.45) is 0 Å². The Kier molecular flexibility index (Phi) is 11.3. The first-order valence-electron chi connectivity index (χ1n) is 15.5. The van der Waals surface area contributed by atoms with E-state index in [4.69, 9.17) is 9.47 Å². The van der Waals surface area contributed by atoms with E-state index in [1.54, 1.807) is 55.6 Å². The highest BCUT2D eigenvalue weighted by Gasteiger charge is 2.34. The van der Waals surface area contributed by atoms with Crippen molar-refractivity contribution >= 4 is 27.5 Å². The van der Waals surface area contributed by atoms with Gasteiger partial charge >= 0.3 is 0 Å². The van der Waals surface area contributed by atoms with Crippen LogP contribution in [0.2, 0.25) is 0 Å². The van der Waals surface area contributed by atoms with E-state index in [1.165, 1.54) is 17.0 Å². The van der Waals surface area contributed by atoms with Gasteiger partial charge in [-0.3, -0.25) is 13.9 Å². The van der Waals surface area contributed by atoms with Gasteiger partial charge in [-0.1, -0.05) is 55.0 Å². The van der Waals surface area contributed by atoms with E-state index in [0.717, 1.165) is 15.4 Å². The summed E-state index contributed by atoms with van der Waals surface area (Å²) in [5, 5.41) is 2.98. The summed E-state index contributed by atoms with van der Waals surface area (Å²) < 4.78 is 40.7. The van der Waals surface area contributed by atoms with Crippen molar-refractivity contribution in [3.8, 4) is 17.2 Å². The normalized spacial score (nSPS) is 12.1. The Morgan fingerprint density at radius 2 is 1.38 bits per heavy atom. The standard InChI is InChI=1S/C37H43N3O6S/c1-7-34(36(42)38-37(3,4)5)39(25-28-15-19-30(45-6)20-16-28)35(41)26-40(47(43,44)33-23-13-27(2)14-24-33)29-17-21-32(22-18-29)46-31-11-9-8-10-12-31/h8-24,34H,7,25-26H2,1-6H3,(H,38,42)/t34-/m0/s1. The van der Waals surface area contributed by atoms with Crippen molar-refractivity contribution in [1.82, 2.24) is 10.2 Å². The Balaban J connectivity index is 1.73. The van der Waals surface area contributed by atoms with Gasteiger partial charge < -0.3 is 19.7 Å². The summed E-state index contributed by atoms with van der Waals surface area (Å²) in [6.07, 6.45) is 0.319. The van der Waals surface area contributed by atoms with Gasteiger partial charge in [-0.2, -0.15) is 0 Å². The van der Waals surface area contributed by atoms with Gasteiger partial charge in [0.15, 0.2) is 0 Å². The molecule has 10 heteroatoms. The first kappa shape index (κ1) is 35.0. The highest BCUT2D eigenvalue weighted by Crippen LogP contribution is 2.29. The minimum absolute atomic E-state index is 0.0414. The second-order valence-corrected chi connectivity index (χ2v) is 14.1. The Morgan fingerprint density at radius 3 is 1.94 bits per heavy atom. The van der Waals surface area contributed by atoms with E-state index in [1.807, 2.05) is 77.1 Å². The Bertz CT molecular complexity index is 1740. The van der Waals surface area contributed by atoms with Gasteiger partial charge in [-0.15, -0.1) is 0 Å². The fourth-order valence-electron chi connectivity index (χ4n) is 4.97. The van der Waals surface area contributed by atoms with Crippen LogP contribution in [0, 0.1) is 6.92 Å². The zero-order valence-electron chi connectivity index (χ0n) is 27.8. The molecule has 0 aliphatic rings. The Hall–Kier alpha value is -4.83. The molecule has 0 radical (unpaired) electrons. The molecule has 0 aliphatic heterocycles. The van der Waals surface area contributed by atoms with Crippen molar-refractivity contribution in [3.05, 3.63) is 114 Å². The topological polar surface area (TPSA) is 105 Å². The quantitative estimate of drug-likeness (QED) is 0.171. The third-order valence-electron chi connectivity index (χ3n) is 7.39. The summed E-state index contributed by atoms with van der Waals surface area (Å²) in [5.41, 5.74) is 1.40. The number of rotatable bonds is 13. The molecule has 0 spiro atoms. The molecule has 0 fully saturated rings. The van der Waals surface area contributed by atoms with Crippen molar-refractivity contribution in [2.45, 2.75) is 64.1 Å². The summed E-state index contributed by atoms with van der Waals surface area (Å²) >= 11 is 0. The second-order valence-electron chi connectivity index (χ2n) is 12.3. The third-order valence-corrected chi connectivity index (χ3v) is 9.18. The number of anilines is 1.